The summed E-state index contributed by atoms with van der Waals surface area (Å²) < 4.78 is 3.50. The third-order valence-corrected chi connectivity index (χ3v) is 5.06. The Labute approximate surface area is 171 Å². The number of nitrogens with zero attached hydrogens (tertiary/aromatic N) is 6. The first-order valence-electron chi connectivity index (χ1n) is 9.32. The molecule has 0 unspecified atom stereocenters. The number of aryl methyl sites for hydroxylation is 4. The number of aromatic nitrogens is 7. The van der Waals surface area contributed by atoms with E-state index in [4.69, 9.17) is 5.11 Å². The summed E-state index contributed by atoms with van der Waals surface area (Å²) in [6.45, 7) is 4.02. The van der Waals surface area contributed by atoms with Crippen LogP contribution < -0.4 is 0 Å². The number of aromatic carboxylic acids is 1. The third-order valence-electron chi connectivity index (χ3n) is 5.06. The molecule has 0 saturated carbocycles. The summed E-state index contributed by atoms with van der Waals surface area (Å²) in [5.74, 6) is -0.309. The zero-order chi connectivity index (χ0) is 21.4. The summed E-state index contributed by atoms with van der Waals surface area (Å²) in [7, 11) is 3.67. The fourth-order valence-corrected chi connectivity index (χ4v) is 3.74. The van der Waals surface area contributed by atoms with Crippen LogP contribution in [0.5, 0.6) is 0 Å². The Morgan fingerprint density at radius 3 is 2.40 bits per heavy atom. The monoisotopic (exact) mass is 403 g/mol. The molecule has 2 N–H and O–H groups in total. The third kappa shape index (κ3) is 3.20. The molecule has 30 heavy (non-hydrogen) atoms. The number of tetrazole rings is 1. The highest BCUT2D eigenvalue weighted by Gasteiger charge is 2.16. The zero-order valence-electron chi connectivity index (χ0n) is 17.1. The fourth-order valence-electron chi connectivity index (χ4n) is 3.74. The lowest BCUT2D eigenvalue weighted by molar-refractivity contribution is 0.0687. The Kier molecular flexibility index (Phi) is 4.78. The van der Waals surface area contributed by atoms with Gasteiger partial charge in [-0.25, -0.2) is 4.79 Å². The number of aromatic amines is 1. The zero-order valence-corrected chi connectivity index (χ0v) is 17.1. The van der Waals surface area contributed by atoms with E-state index in [1.54, 1.807) is 13.1 Å². The van der Waals surface area contributed by atoms with Gasteiger partial charge in [0.15, 0.2) is 5.69 Å². The Morgan fingerprint density at radius 1 is 1.03 bits per heavy atom. The first-order valence-corrected chi connectivity index (χ1v) is 9.32. The average molecular weight is 403 g/mol. The van der Waals surface area contributed by atoms with E-state index in [0.29, 0.717) is 11.2 Å². The van der Waals surface area contributed by atoms with Crippen molar-refractivity contribution in [2.24, 2.45) is 14.1 Å². The normalized spacial score (nSPS) is 10.9. The largest absolute Gasteiger partial charge is 0.477 e. The topological polar surface area (TPSA) is 115 Å². The van der Waals surface area contributed by atoms with Gasteiger partial charge in [0.1, 0.15) is 0 Å². The minimum atomic E-state index is -0.944. The van der Waals surface area contributed by atoms with Crippen LogP contribution >= 0.6 is 0 Å². The molecule has 9 nitrogen and oxygen atoms in total. The van der Waals surface area contributed by atoms with Crippen LogP contribution in [0, 0.1) is 13.8 Å². The number of carboxylic acid groups (broad SMARTS) is 1. The van der Waals surface area contributed by atoms with Gasteiger partial charge >= 0.3 is 5.97 Å². The summed E-state index contributed by atoms with van der Waals surface area (Å²) in [4.78, 5) is 10.9. The number of fused-ring (bicyclic) bond motifs is 2. The van der Waals surface area contributed by atoms with Gasteiger partial charge < -0.3 is 9.67 Å². The van der Waals surface area contributed by atoms with Crippen LogP contribution in [0.4, 0.5) is 0 Å². The molecular weight excluding hydrogens is 382 g/mol. The maximum Gasteiger partial charge on any atom is 0.354 e. The second-order valence-electron chi connectivity index (χ2n) is 7.11. The Morgan fingerprint density at radius 2 is 1.73 bits per heavy atom. The van der Waals surface area contributed by atoms with Crippen LogP contribution in [-0.2, 0) is 14.1 Å². The van der Waals surface area contributed by atoms with Gasteiger partial charge in [-0.15, -0.1) is 10.2 Å². The molecule has 0 amide bonds. The van der Waals surface area contributed by atoms with Gasteiger partial charge in [0, 0.05) is 36.6 Å². The molecule has 0 aliphatic carbocycles. The minimum Gasteiger partial charge on any atom is -0.477 e. The highest BCUT2D eigenvalue weighted by molar-refractivity contribution is 6.02. The predicted molar refractivity (Wildman–Crippen MR) is 113 cm³/mol. The highest BCUT2D eigenvalue weighted by Crippen LogP contribution is 2.29. The molecular formula is C21H21N7O2. The molecule has 152 valence electrons. The van der Waals surface area contributed by atoms with Crippen LogP contribution in [0.3, 0.4) is 0 Å². The summed E-state index contributed by atoms with van der Waals surface area (Å²) >= 11 is 0. The maximum atomic E-state index is 10.9. The summed E-state index contributed by atoms with van der Waals surface area (Å²) in [6, 6.07) is 11.8. The lowest BCUT2D eigenvalue weighted by Crippen LogP contribution is -2.05. The van der Waals surface area contributed by atoms with Crippen LogP contribution in [0.2, 0.25) is 0 Å². The highest BCUT2D eigenvalue weighted by atomic mass is 16.4. The van der Waals surface area contributed by atoms with E-state index >= 15 is 0 Å². The van der Waals surface area contributed by atoms with Crippen molar-refractivity contribution in [3.8, 4) is 11.4 Å². The summed E-state index contributed by atoms with van der Waals surface area (Å²) in [5, 5.41) is 29.1. The SMILES string of the molecule is Cc1cccc2c(-c3nn[nH]n3)cn(C)c12.Cc1cccc2c(C(=O)O)n(C)nc12. The molecule has 0 fully saturated rings. The van der Waals surface area contributed by atoms with Gasteiger partial charge in [-0.05, 0) is 30.2 Å². The number of para-hydroxylation sites is 1. The molecule has 0 radical (unpaired) electrons. The van der Waals surface area contributed by atoms with Crippen molar-refractivity contribution in [2.45, 2.75) is 13.8 Å². The van der Waals surface area contributed by atoms with Crippen molar-refractivity contribution in [3.05, 3.63) is 59.4 Å². The first kappa shape index (κ1) is 19.3. The Hall–Kier alpha value is -4.01. The van der Waals surface area contributed by atoms with Gasteiger partial charge in [-0.2, -0.15) is 10.3 Å². The Bertz CT molecular complexity index is 1360. The molecule has 3 heterocycles. The van der Waals surface area contributed by atoms with Crippen molar-refractivity contribution in [1.82, 2.24) is 35.0 Å². The molecule has 2 aromatic carbocycles. The van der Waals surface area contributed by atoms with E-state index in [0.717, 1.165) is 22.0 Å². The predicted octanol–water partition coefficient (Wildman–Crippen LogP) is 3.25. The summed E-state index contributed by atoms with van der Waals surface area (Å²) in [6.07, 6.45) is 2.03. The lowest BCUT2D eigenvalue weighted by atomic mass is 10.1. The van der Waals surface area contributed by atoms with Crippen molar-refractivity contribution >= 4 is 27.8 Å². The molecule has 0 atom stereocenters. The number of carbonyl (C=O) groups is 1. The van der Waals surface area contributed by atoms with E-state index < -0.39 is 5.97 Å². The molecule has 5 rings (SSSR count). The molecule has 0 aliphatic rings. The number of nitrogens with one attached hydrogen (secondary N) is 1. The standard InChI is InChI=1S/C11H11N5.C10H10N2O2/c1-7-4-3-5-8-9(6-16(2)10(7)8)11-12-14-15-13-11;1-6-4-3-5-7-8(6)11-12(2)9(7)10(13)14/h3-6H,1-2H3,(H,12,13,14,15);3-5H,1-2H3,(H,13,14). The summed E-state index contributed by atoms with van der Waals surface area (Å²) in [5.41, 5.74) is 5.45. The van der Waals surface area contributed by atoms with Crippen LogP contribution in [-0.4, -0.2) is 46.0 Å². The molecule has 0 aliphatic heterocycles. The van der Waals surface area contributed by atoms with Crippen molar-refractivity contribution in [1.29, 1.82) is 0 Å². The van der Waals surface area contributed by atoms with Crippen molar-refractivity contribution in [3.63, 3.8) is 0 Å². The second kappa shape index (κ2) is 7.43. The van der Waals surface area contributed by atoms with Crippen LogP contribution in [0.1, 0.15) is 21.6 Å². The smallest absolute Gasteiger partial charge is 0.354 e. The number of H-pyrrole nitrogens is 1. The van der Waals surface area contributed by atoms with Gasteiger partial charge in [0.25, 0.3) is 0 Å². The maximum absolute atomic E-state index is 10.9. The molecule has 9 heteroatoms. The van der Waals surface area contributed by atoms with E-state index in [1.807, 2.05) is 38.4 Å². The molecule has 0 spiro atoms. The minimum absolute atomic E-state index is 0.240. The molecule has 5 aromatic rings. The van der Waals surface area contributed by atoms with Crippen molar-refractivity contribution in [2.75, 3.05) is 0 Å². The van der Waals surface area contributed by atoms with Crippen molar-refractivity contribution < 1.29 is 9.90 Å². The van der Waals surface area contributed by atoms with E-state index in [9.17, 15) is 4.79 Å². The van der Waals surface area contributed by atoms with Gasteiger partial charge in [0.2, 0.25) is 5.82 Å². The number of hydrogen-bond donors (Lipinski definition) is 2. The number of benzene rings is 2. The number of rotatable bonds is 2. The van der Waals surface area contributed by atoms with Gasteiger partial charge in [0.05, 0.1) is 11.0 Å². The van der Waals surface area contributed by atoms with Gasteiger partial charge in [-0.1, -0.05) is 36.4 Å². The fraction of sp³-hybridized carbons (Fsp3) is 0.190. The first-order chi connectivity index (χ1) is 14.4. The van der Waals surface area contributed by atoms with E-state index in [-0.39, 0.29) is 5.69 Å². The van der Waals surface area contributed by atoms with Crippen LogP contribution in [0.25, 0.3) is 33.2 Å². The second-order valence-corrected chi connectivity index (χ2v) is 7.11. The number of carboxylic acids is 1. The van der Waals surface area contributed by atoms with Crippen LogP contribution in [0.15, 0.2) is 42.6 Å². The molecule has 3 aromatic heterocycles. The lowest BCUT2D eigenvalue weighted by Gasteiger charge is -1.99. The van der Waals surface area contributed by atoms with E-state index in [2.05, 4.69) is 49.3 Å². The number of hydrogen-bond acceptors (Lipinski definition) is 5. The molecule has 0 saturated heterocycles. The van der Waals surface area contributed by atoms with Gasteiger partial charge in [-0.3, -0.25) is 4.68 Å². The van der Waals surface area contributed by atoms with E-state index in [1.165, 1.54) is 15.8 Å². The molecule has 0 bridgehead atoms. The Balaban J connectivity index is 0.000000147. The quantitative estimate of drug-likeness (QED) is 0.468. The average Bonchev–Trinajstić information content (AvgIpc) is 3.40.